The maximum absolute atomic E-state index is 6.50. The summed E-state index contributed by atoms with van der Waals surface area (Å²) >= 11 is 0. The molecule has 3 heterocycles. The molecule has 52 heavy (non-hydrogen) atoms. The number of allylic oxidation sites excluding steroid dienone is 3. The van der Waals surface area contributed by atoms with Crippen LogP contribution in [0.4, 0.5) is 0 Å². The van der Waals surface area contributed by atoms with Crippen molar-refractivity contribution in [1.82, 2.24) is 15.0 Å². The average Bonchev–Trinajstić information content (AvgIpc) is 3.22. The Balaban J connectivity index is 1.37. The summed E-state index contributed by atoms with van der Waals surface area (Å²) in [5.74, 6) is 0. The second-order valence-corrected chi connectivity index (χ2v) is 13.1. The summed E-state index contributed by atoms with van der Waals surface area (Å²) in [6.07, 6.45) is 15.1. The summed E-state index contributed by atoms with van der Waals surface area (Å²) in [5.41, 5.74) is 17.6. The van der Waals surface area contributed by atoms with Gasteiger partial charge in [-0.25, -0.2) is 0 Å². The Labute approximate surface area is 302 Å². The molecule has 2 N–H and O–H groups in total. The van der Waals surface area contributed by atoms with E-state index >= 15 is 0 Å². The summed E-state index contributed by atoms with van der Waals surface area (Å²) in [4.78, 5) is 13.2. The lowest BCUT2D eigenvalue weighted by atomic mass is 9.81. The van der Waals surface area contributed by atoms with Gasteiger partial charge in [-0.2, -0.15) is 0 Å². The van der Waals surface area contributed by atoms with Crippen LogP contribution in [0.15, 0.2) is 177 Å². The van der Waals surface area contributed by atoms with Crippen LogP contribution in [-0.2, 0) is 0 Å². The molecule has 0 aliphatic heterocycles. The zero-order valence-electron chi connectivity index (χ0n) is 28.7. The van der Waals surface area contributed by atoms with E-state index in [1.807, 2.05) is 61.4 Å². The SMILES string of the molecule is CC(=CC(=CN)c1c2ccccc2c(-c2c3ccccc3c(-c3cncc(-c4ccncc4)c3)c3ccccc23)c2ccccc12)c1ccncc1. The molecule has 3 aromatic heterocycles. The summed E-state index contributed by atoms with van der Waals surface area (Å²) in [5, 5.41) is 9.40. The third-order valence-electron chi connectivity index (χ3n) is 10.1. The number of hydrogen-bond donors (Lipinski definition) is 1. The van der Waals surface area contributed by atoms with Gasteiger partial charge in [0.1, 0.15) is 0 Å². The number of fused-ring (bicyclic) bond motifs is 4. The smallest absolute Gasteiger partial charge is 0.0347 e. The van der Waals surface area contributed by atoms with Crippen molar-refractivity contribution in [3.63, 3.8) is 0 Å². The van der Waals surface area contributed by atoms with E-state index in [0.717, 1.165) is 49.7 Å². The molecule has 4 nitrogen and oxygen atoms in total. The number of nitrogens with two attached hydrogens (primary N) is 1. The van der Waals surface area contributed by atoms with Crippen molar-refractivity contribution in [3.05, 3.63) is 188 Å². The Bertz CT molecular complexity index is 2740. The lowest BCUT2D eigenvalue weighted by Gasteiger charge is -2.22. The number of benzene rings is 6. The quantitative estimate of drug-likeness (QED) is 0.142. The second kappa shape index (κ2) is 13.1. The highest BCUT2D eigenvalue weighted by Crippen LogP contribution is 2.49. The molecule has 0 atom stereocenters. The van der Waals surface area contributed by atoms with Gasteiger partial charge in [0.05, 0.1) is 0 Å². The molecule has 4 heteroatoms. The van der Waals surface area contributed by atoms with Crippen LogP contribution in [0.5, 0.6) is 0 Å². The van der Waals surface area contributed by atoms with Crippen molar-refractivity contribution in [2.24, 2.45) is 5.73 Å². The number of nitrogens with zero attached hydrogens (tertiary/aromatic N) is 3. The Morgan fingerprint density at radius 2 is 0.885 bits per heavy atom. The maximum Gasteiger partial charge on any atom is 0.0347 e. The fraction of sp³-hybridized carbons (Fsp3) is 0.0208. The predicted molar refractivity (Wildman–Crippen MR) is 218 cm³/mol. The molecule has 0 bridgehead atoms. The van der Waals surface area contributed by atoms with E-state index in [2.05, 4.69) is 126 Å². The zero-order valence-corrected chi connectivity index (χ0v) is 28.7. The van der Waals surface area contributed by atoms with E-state index in [-0.39, 0.29) is 0 Å². The Morgan fingerprint density at radius 3 is 1.38 bits per heavy atom. The lowest BCUT2D eigenvalue weighted by Crippen LogP contribution is -1.97. The first-order chi connectivity index (χ1) is 25.7. The van der Waals surface area contributed by atoms with Crippen molar-refractivity contribution in [3.8, 4) is 33.4 Å². The number of hydrogen-bond acceptors (Lipinski definition) is 4. The minimum atomic E-state index is 0.972. The van der Waals surface area contributed by atoms with E-state index in [9.17, 15) is 0 Å². The van der Waals surface area contributed by atoms with E-state index in [4.69, 9.17) is 10.7 Å². The van der Waals surface area contributed by atoms with Gasteiger partial charge >= 0.3 is 0 Å². The summed E-state index contributed by atoms with van der Waals surface area (Å²) in [6, 6.07) is 45.5. The van der Waals surface area contributed by atoms with Crippen LogP contribution in [0, 0.1) is 0 Å². The van der Waals surface area contributed by atoms with Gasteiger partial charge in [0.15, 0.2) is 0 Å². The molecule has 9 rings (SSSR count). The van der Waals surface area contributed by atoms with Crippen molar-refractivity contribution in [1.29, 1.82) is 0 Å². The van der Waals surface area contributed by atoms with Gasteiger partial charge in [-0.15, -0.1) is 0 Å². The molecule has 246 valence electrons. The average molecular weight is 667 g/mol. The molecule has 0 amide bonds. The fourth-order valence-electron chi connectivity index (χ4n) is 7.83. The first kappa shape index (κ1) is 31.1. The van der Waals surface area contributed by atoms with Crippen molar-refractivity contribution in [2.75, 3.05) is 0 Å². The summed E-state index contributed by atoms with van der Waals surface area (Å²) in [6.45, 7) is 2.12. The molecule has 0 aliphatic carbocycles. The van der Waals surface area contributed by atoms with Crippen LogP contribution in [0.2, 0.25) is 0 Å². The minimum Gasteiger partial charge on any atom is -0.404 e. The third-order valence-corrected chi connectivity index (χ3v) is 10.1. The number of rotatable bonds is 6. The topological polar surface area (TPSA) is 64.7 Å². The normalized spacial score (nSPS) is 12.2. The largest absolute Gasteiger partial charge is 0.404 e. The van der Waals surface area contributed by atoms with Crippen molar-refractivity contribution >= 4 is 54.2 Å². The van der Waals surface area contributed by atoms with Crippen LogP contribution in [0.1, 0.15) is 18.1 Å². The van der Waals surface area contributed by atoms with Gasteiger partial charge in [-0.3, -0.25) is 15.0 Å². The van der Waals surface area contributed by atoms with Crippen LogP contribution in [-0.4, -0.2) is 15.0 Å². The van der Waals surface area contributed by atoms with Crippen LogP contribution < -0.4 is 5.73 Å². The molecule has 0 saturated carbocycles. The van der Waals surface area contributed by atoms with Crippen LogP contribution in [0.3, 0.4) is 0 Å². The second-order valence-electron chi connectivity index (χ2n) is 13.1. The number of pyridine rings is 3. The van der Waals surface area contributed by atoms with Gasteiger partial charge in [0.2, 0.25) is 0 Å². The van der Waals surface area contributed by atoms with Crippen LogP contribution in [0.25, 0.3) is 87.6 Å². The Kier molecular flexibility index (Phi) is 7.83. The van der Waals surface area contributed by atoms with E-state index < -0.39 is 0 Å². The molecule has 9 aromatic rings. The number of aromatic nitrogens is 3. The molecule has 0 fully saturated rings. The molecule has 0 saturated heterocycles. The highest BCUT2D eigenvalue weighted by Gasteiger charge is 2.22. The first-order valence-electron chi connectivity index (χ1n) is 17.5. The third kappa shape index (κ3) is 5.21. The Morgan fingerprint density at radius 1 is 0.462 bits per heavy atom. The zero-order chi connectivity index (χ0) is 35.0. The molecule has 0 radical (unpaired) electrons. The molecule has 0 aliphatic rings. The van der Waals surface area contributed by atoms with E-state index in [0.29, 0.717) is 0 Å². The molecule has 0 unspecified atom stereocenters. The van der Waals surface area contributed by atoms with Gasteiger partial charge in [0, 0.05) is 54.5 Å². The van der Waals surface area contributed by atoms with Crippen molar-refractivity contribution in [2.45, 2.75) is 6.92 Å². The first-order valence-corrected chi connectivity index (χ1v) is 17.5. The van der Waals surface area contributed by atoms with Gasteiger partial charge in [-0.1, -0.05) is 97.1 Å². The molecule has 0 spiro atoms. The summed E-state index contributed by atoms with van der Waals surface area (Å²) < 4.78 is 0. The molecular formula is C48H34N4. The van der Waals surface area contributed by atoms with Gasteiger partial charge in [0.25, 0.3) is 0 Å². The highest BCUT2D eigenvalue weighted by molar-refractivity contribution is 6.29. The summed E-state index contributed by atoms with van der Waals surface area (Å²) in [7, 11) is 0. The molecular weight excluding hydrogens is 633 g/mol. The highest BCUT2D eigenvalue weighted by atomic mass is 14.6. The van der Waals surface area contributed by atoms with E-state index in [1.165, 1.54) is 49.0 Å². The fourth-order valence-corrected chi connectivity index (χ4v) is 7.83. The minimum absolute atomic E-state index is 0.972. The predicted octanol–water partition coefficient (Wildman–Crippen LogP) is 11.9. The monoisotopic (exact) mass is 666 g/mol. The van der Waals surface area contributed by atoms with Crippen molar-refractivity contribution < 1.29 is 0 Å². The maximum atomic E-state index is 6.50. The lowest BCUT2D eigenvalue weighted by molar-refractivity contribution is 1.30. The van der Waals surface area contributed by atoms with Gasteiger partial charge in [-0.05, 0) is 131 Å². The van der Waals surface area contributed by atoms with Crippen LogP contribution >= 0.6 is 0 Å². The molecule has 6 aromatic carbocycles. The van der Waals surface area contributed by atoms with E-state index in [1.54, 1.807) is 6.20 Å². The standard InChI is InChI=1S/C48H34N4/c1-31(32-18-22-50-23-19-32)26-34(28-49)45-37-10-2-6-14-41(37)47(42-15-7-3-11-38(42)45)48-43-16-8-4-12-39(43)46(40-13-5-9-17-44(40)48)36-27-35(29-52-30-36)33-20-24-51-25-21-33/h2-30H,49H2,1H3. The Hall–Kier alpha value is -6.91. The van der Waals surface area contributed by atoms with Gasteiger partial charge < -0.3 is 5.73 Å².